The third-order valence-corrected chi connectivity index (χ3v) is 5.01. The van der Waals surface area contributed by atoms with Crippen LogP contribution in [0.1, 0.15) is 32.3 Å². The van der Waals surface area contributed by atoms with E-state index in [0.29, 0.717) is 6.54 Å². The predicted molar refractivity (Wildman–Crippen MR) is 121 cm³/mol. The molecule has 0 aliphatic carbocycles. The summed E-state index contributed by atoms with van der Waals surface area (Å²) in [5, 5.41) is 6.75. The van der Waals surface area contributed by atoms with Gasteiger partial charge in [0.2, 0.25) is 0 Å². The summed E-state index contributed by atoms with van der Waals surface area (Å²) < 4.78 is 11.3. The Morgan fingerprint density at radius 3 is 2.52 bits per heavy atom. The van der Waals surface area contributed by atoms with Gasteiger partial charge in [0.05, 0.1) is 25.4 Å². The maximum atomic E-state index is 5.84. The van der Waals surface area contributed by atoms with E-state index in [0.717, 1.165) is 64.8 Å². The van der Waals surface area contributed by atoms with Crippen LogP contribution in [0.15, 0.2) is 29.3 Å². The van der Waals surface area contributed by atoms with Gasteiger partial charge in [-0.1, -0.05) is 12.1 Å². The number of ether oxygens (including phenoxy) is 2. The zero-order valence-corrected chi connectivity index (χ0v) is 18.8. The molecule has 2 heterocycles. The summed E-state index contributed by atoms with van der Waals surface area (Å²) in [6, 6.07) is 8.70. The van der Waals surface area contributed by atoms with E-state index < -0.39 is 0 Å². The molecule has 7 heteroatoms. The molecule has 0 spiro atoms. The summed E-state index contributed by atoms with van der Waals surface area (Å²) in [6.07, 6.45) is 2.24. The smallest absolute Gasteiger partial charge is 0.191 e. The fourth-order valence-electron chi connectivity index (χ4n) is 3.39. The average molecular weight is 488 g/mol. The molecule has 1 aromatic carbocycles. The highest BCUT2D eigenvalue weighted by Crippen LogP contribution is 2.23. The molecule has 1 unspecified atom stereocenters. The molecule has 27 heavy (non-hydrogen) atoms. The van der Waals surface area contributed by atoms with Gasteiger partial charge >= 0.3 is 0 Å². The zero-order valence-electron chi connectivity index (χ0n) is 16.5. The molecule has 0 aromatic heterocycles. The molecule has 152 valence electrons. The third-order valence-electron chi connectivity index (χ3n) is 5.01. The summed E-state index contributed by atoms with van der Waals surface area (Å²) in [5.74, 6) is 0.849. The first kappa shape index (κ1) is 22.2. The van der Waals surface area contributed by atoms with Crippen LogP contribution in [-0.4, -0.2) is 57.6 Å². The first-order chi connectivity index (χ1) is 12.7. The second-order valence-electron chi connectivity index (χ2n) is 7.22. The molecule has 2 fully saturated rings. The standard InChI is InChI=1S/C20H32N4O2.HI/c1-3-21-19(23-16-20(2)9-4-12-26-20)22-15-17-5-7-18(8-6-17)24-10-13-25-14-11-24;/h5-8H,3-4,9-16H2,1-2H3,(H2,21,22,23);1H. The number of rotatable bonds is 6. The van der Waals surface area contributed by atoms with Crippen molar-refractivity contribution in [1.82, 2.24) is 10.6 Å². The summed E-state index contributed by atoms with van der Waals surface area (Å²) in [5.41, 5.74) is 2.40. The summed E-state index contributed by atoms with van der Waals surface area (Å²) >= 11 is 0. The van der Waals surface area contributed by atoms with Crippen LogP contribution < -0.4 is 15.5 Å². The Balaban J connectivity index is 0.00000261. The van der Waals surface area contributed by atoms with Crippen LogP contribution in [0.4, 0.5) is 5.69 Å². The lowest BCUT2D eigenvalue weighted by Gasteiger charge is -2.28. The van der Waals surface area contributed by atoms with Gasteiger partial charge in [-0.25, -0.2) is 4.99 Å². The van der Waals surface area contributed by atoms with Crippen molar-refractivity contribution >= 4 is 35.6 Å². The number of hydrogen-bond donors (Lipinski definition) is 2. The van der Waals surface area contributed by atoms with Crippen LogP contribution in [0.2, 0.25) is 0 Å². The Morgan fingerprint density at radius 1 is 1.15 bits per heavy atom. The third kappa shape index (κ3) is 6.80. The van der Waals surface area contributed by atoms with E-state index in [9.17, 15) is 0 Å². The predicted octanol–water partition coefficient (Wildman–Crippen LogP) is 2.77. The molecule has 0 saturated carbocycles. The van der Waals surface area contributed by atoms with E-state index in [1.165, 1.54) is 11.3 Å². The Hall–Kier alpha value is -1.06. The molecule has 2 aliphatic heterocycles. The first-order valence-corrected chi connectivity index (χ1v) is 9.76. The summed E-state index contributed by atoms with van der Waals surface area (Å²) in [6.45, 7) is 11.0. The van der Waals surface area contributed by atoms with E-state index in [1.54, 1.807) is 0 Å². The van der Waals surface area contributed by atoms with Gasteiger partial charge in [-0.3, -0.25) is 0 Å². The largest absolute Gasteiger partial charge is 0.378 e. The van der Waals surface area contributed by atoms with Crippen LogP contribution >= 0.6 is 24.0 Å². The second kappa shape index (κ2) is 11.1. The van der Waals surface area contributed by atoms with Crippen molar-refractivity contribution in [2.75, 3.05) is 50.9 Å². The first-order valence-electron chi connectivity index (χ1n) is 9.76. The van der Waals surface area contributed by atoms with E-state index in [-0.39, 0.29) is 29.6 Å². The average Bonchev–Trinajstić information content (AvgIpc) is 3.12. The van der Waals surface area contributed by atoms with Crippen molar-refractivity contribution in [2.24, 2.45) is 4.99 Å². The van der Waals surface area contributed by atoms with Crippen molar-refractivity contribution in [2.45, 2.75) is 38.8 Å². The minimum atomic E-state index is -0.0734. The molecular weight excluding hydrogens is 455 g/mol. The van der Waals surface area contributed by atoms with Crippen LogP contribution in [0.5, 0.6) is 0 Å². The van der Waals surface area contributed by atoms with Crippen LogP contribution in [0.3, 0.4) is 0 Å². The van der Waals surface area contributed by atoms with Crippen molar-refractivity contribution in [3.05, 3.63) is 29.8 Å². The lowest BCUT2D eigenvalue weighted by atomic mass is 10.0. The van der Waals surface area contributed by atoms with Gasteiger partial charge in [0.25, 0.3) is 0 Å². The molecule has 2 aliphatic rings. The molecule has 6 nitrogen and oxygen atoms in total. The quantitative estimate of drug-likeness (QED) is 0.367. The second-order valence-corrected chi connectivity index (χ2v) is 7.22. The van der Waals surface area contributed by atoms with Gasteiger partial charge < -0.3 is 25.0 Å². The highest BCUT2D eigenvalue weighted by Gasteiger charge is 2.29. The number of morpholine rings is 1. The molecule has 3 rings (SSSR count). The van der Waals surface area contributed by atoms with Crippen LogP contribution in [0.25, 0.3) is 0 Å². The topological polar surface area (TPSA) is 58.1 Å². The highest BCUT2D eigenvalue weighted by atomic mass is 127. The number of aliphatic imine (C=N–C) groups is 1. The molecule has 0 amide bonds. The lowest BCUT2D eigenvalue weighted by molar-refractivity contribution is 0.0243. The van der Waals surface area contributed by atoms with Gasteiger partial charge in [-0.15, -0.1) is 24.0 Å². The van der Waals surface area contributed by atoms with Crippen LogP contribution in [0, 0.1) is 0 Å². The van der Waals surface area contributed by atoms with E-state index >= 15 is 0 Å². The molecule has 1 aromatic rings. The van der Waals surface area contributed by atoms with E-state index in [4.69, 9.17) is 14.5 Å². The van der Waals surface area contributed by atoms with Gasteiger partial charge in [0.1, 0.15) is 0 Å². The van der Waals surface area contributed by atoms with E-state index in [1.807, 2.05) is 0 Å². The highest BCUT2D eigenvalue weighted by molar-refractivity contribution is 14.0. The normalized spacial score (nSPS) is 23.0. The van der Waals surface area contributed by atoms with Crippen molar-refractivity contribution in [3.8, 4) is 0 Å². The SMILES string of the molecule is CCNC(=NCc1ccc(N2CCOCC2)cc1)NCC1(C)CCCO1.I. The number of nitrogens with zero attached hydrogens (tertiary/aromatic N) is 2. The molecule has 0 bridgehead atoms. The van der Waals surface area contributed by atoms with Crippen molar-refractivity contribution in [1.29, 1.82) is 0 Å². The van der Waals surface area contributed by atoms with Gasteiger partial charge in [0, 0.05) is 38.5 Å². The Bertz CT molecular complexity index is 582. The monoisotopic (exact) mass is 488 g/mol. The maximum absolute atomic E-state index is 5.84. The Morgan fingerprint density at radius 2 is 1.89 bits per heavy atom. The maximum Gasteiger partial charge on any atom is 0.191 e. The minimum Gasteiger partial charge on any atom is -0.378 e. The Labute approximate surface area is 180 Å². The summed E-state index contributed by atoms with van der Waals surface area (Å²) in [4.78, 5) is 7.09. The van der Waals surface area contributed by atoms with Crippen molar-refractivity contribution in [3.63, 3.8) is 0 Å². The molecular formula is C20H33IN4O2. The van der Waals surface area contributed by atoms with Gasteiger partial charge in [-0.2, -0.15) is 0 Å². The molecule has 2 N–H and O–H groups in total. The molecule has 0 radical (unpaired) electrons. The molecule has 2 saturated heterocycles. The fourth-order valence-corrected chi connectivity index (χ4v) is 3.39. The van der Waals surface area contributed by atoms with Gasteiger partial charge in [-0.05, 0) is 44.4 Å². The number of anilines is 1. The number of nitrogens with one attached hydrogen (secondary N) is 2. The molecule has 1 atom stereocenters. The van der Waals surface area contributed by atoms with Crippen molar-refractivity contribution < 1.29 is 9.47 Å². The number of benzene rings is 1. The number of guanidine groups is 1. The zero-order chi connectivity index (χ0) is 18.2. The Kier molecular flexibility index (Phi) is 9.11. The van der Waals surface area contributed by atoms with Crippen LogP contribution in [-0.2, 0) is 16.0 Å². The summed E-state index contributed by atoms with van der Waals surface area (Å²) in [7, 11) is 0. The number of hydrogen-bond acceptors (Lipinski definition) is 4. The van der Waals surface area contributed by atoms with Gasteiger partial charge in [0.15, 0.2) is 5.96 Å². The fraction of sp³-hybridized carbons (Fsp3) is 0.650. The van der Waals surface area contributed by atoms with E-state index in [2.05, 4.69) is 53.6 Å². The number of halogens is 1. The lowest BCUT2D eigenvalue weighted by Crippen LogP contribution is -2.45. The minimum absolute atomic E-state index is 0.